The van der Waals surface area contributed by atoms with Crippen LogP contribution in [0.1, 0.15) is 36.0 Å². The van der Waals surface area contributed by atoms with Crippen molar-refractivity contribution in [3.8, 4) is 0 Å². The Labute approximate surface area is 150 Å². The number of nitrogens with zero attached hydrogens (tertiary/aromatic N) is 2. The molecule has 0 aliphatic carbocycles. The minimum Gasteiger partial charge on any atom is -0.372 e. The second kappa shape index (κ2) is 7.95. The van der Waals surface area contributed by atoms with Crippen molar-refractivity contribution in [2.75, 3.05) is 23.3 Å². The first-order chi connectivity index (χ1) is 12.5. The van der Waals surface area contributed by atoms with Crippen molar-refractivity contribution in [2.45, 2.75) is 25.7 Å². The lowest BCUT2D eigenvalue weighted by Crippen LogP contribution is -2.23. The molecular weight excluding hydrogens is 337 g/mol. The highest BCUT2D eigenvalue weighted by Gasteiger charge is 2.17. The SMILES string of the molecule is O=C(Nc1ccc(N2CCCCCC2)cc1)c1ccc(F)c([N+](=O)[O-])c1. The van der Waals surface area contributed by atoms with E-state index in [1.807, 2.05) is 12.1 Å². The predicted octanol–water partition coefficient (Wildman–Crippen LogP) is 4.37. The highest BCUT2D eigenvalue weighted by Crippen LogP contribution is 2.23. The first-order valence-corrected chi connectivity index (χ1v) is 8.65. The molecule has 1 amide bonds. The van der Waals surface area contributed by atoms with Crippen LogP contribution in [0, 0.1) is 15.9 Å². The molecule has 2 aromatic rings. The van der Waals surface area contributed by atoms with Crippen LogP contribution in [0.2, 0.25) is 0 Å². The normalized spacial score (nSPS) is 14.6. The van der Waals surface area contributed by atoms with E-state index in [4.69, 9.17) is 0 Å². The monoisotopic (exact) mass is 357 g/mol. The van der Waals surface area contributed by atoms with Gasteiger partial charge in [0.2, 0.25) is 5.82 Å². The summed E-state index contributed by atoms with van der Waals surface area (Å²) in [6.45, 7) is 2.07. The summed E-state index contributed by atoms with van der Waals surface area (Å²) < 4.78 is 13.4. The van der Waals surface area contributed by atoms with Gasteiger partial charge in [-0.25, -0.2) is 0 Å². The zero-order valence-corrected chi connectivity index (χ0v) is 14.3. The van der Waals surface area contributed by atoms with Gasteiger partial charge in [-0.3, -0.25) is 14.9 Å². The number of nitro groups is 1. The summed E-state index contributed by atoms with van der Waals surface area (Å²) in [5, 5.41) is 13.5. The smallest absolute Gasteiger partial charge is 0.305 e. The van der Waals surface area contributed by atoms with Gasteiger partial charge in [0.05, 0.1) is 4.92 Å². The fraction of sp³-hybridized carbons (Fsp3) is 0.316. The van der Waals surface area contributed by atoms with Gasteiger partial charge in [0.1, 0.15) is 0 Å². The molecule has 1 fully saturated rings. The number of rotatable bonds is 4. The van der Waals surface area contributed by atoms with Gasteiger partial charge in [0, 0.05) is 36.1 Å². The molecule has 1 aliphatic rings. The van der Waals surface area contributed by atoms with Gasteiger partial charge in [-0.05, 0) is 49.2 Å². The van der Waals surface area contributed by atoms with Crippen molar-refractivity contribution in [1.29, 1.82) is 0 Å². The Morgan fingerprint density at radius 3 is 2.31 bits per heavy atom. The number of hydrogen-bond donors (Lipinski definition) is 1. The van der Waals surface area contributed by atoms with Crippen molar-refractivity contribution >= 4 is 23.0 Å². The first-order valence-electron chi connectivity index (χ1n) is 8.65. The van der Waals surface area contributed by atoms with E-state index in [9.17, 15) is 19.3 Å². The summed E-state index contributed by atoms with van der Waals surface area (Å²) in [7, 11) is 0. The molecule has 0 unspecified atom stereocenters. The predicted molar refractivity (Wildman–Crippen MR) is 98.1 cm³/mol. The summed E-state index contributed by atoms with van der Waals surface area (Å²) >= 11 is 0. The van der Waals surface area contributed by atoms with Crippen LogP contribution >= 0.6 is 0 Å². The van der Waals surface area contributed by atoms with E-state index in [1.165, 1.54) is 31.7 Å². The second-order valence-corrected chi connectivity index (χ2v) is 6.33. The molecule has 0 saturated carbocycles. The van der Waals surface area contributed by atoms with Crippen LogP contribution in [0.25, 0.3) is 0 Å². The highest BCUT2D eigenvalue weighted by molar-refractivity contribution is 6.04. The number of halogens is 1. The summed E-state index contributed by atoms with van der Waals surface area (Å²) in [4.78, 5) is 24.6. The maximum absolute atomic E-state index is 13.4. The molecule has 0 spiro atoms. The van der Waals surface area contributed by atoms with Gasteiger partial charge < -0.3 is 10.2 Å². The van der Waals surface area contributed by atoms with Crippen molar-refractivity contribution in [1.82, 2.24) is 0 Å². The van der Waals surface area contributed by atoms with E-state index < -0.39 is 22.3 Å². The summed E-state index contributed by atoms with van der Waals surface area (Å²) in [5.41, 5.74) is 1.02. The third kappa shape index (κ3) is 4.17. The van der Waals surface area contributed by atoms with Gasteiger partial charge in [0.25, 0.3) is 5.91 Å². The van der Waals surface area contributed by atoms with Gasteiger partial charge in [-0.1, -0.05) is 12.8 Å². The maximum atomic E-state index is 13.4. The number of hydrogen-bond acceptors (Lipinski definition) is 4. The number of amides is 1. The van der Waals surface area contributed by atoms with E-state index in [-0.39, 0.29) is 5.56 Å². The third-order valence-corrected chi connectivity index (χ3v) is 4.50. The standard InChI is InChI=1S/C19H20FN3O3/c20-17-10-5-14(13-18(17)23(25)26)19(24)21-15-6-8-16(9-7-15)22-11-3-1-2-4-12-22/h5-10,13H,1-4,11-12H2,(H,21,24). The molecule has 2 aromatic carbocycles. The summed E-state index contributed by atoms with van der Waals surface area (Å²) in [5.74, 6) is -1.48. The Hall–Kier alpha value is -2.96. The number of nitro benzene ring substituents is 1. The summed E-state index contributed by atoms with van der Waals surface area (Å²) in [6.07, 6.45) is 4.88. The van der Waals surface area contributed by atoms with E-state index in [0.717, 1.165) is 30.9 Å². The molecule has 3 rings (SSSR count). The second-order valence-electron chi connectivity index (χ2n) is 6.33. The van der Waals surface area contributed by atoms with Gasteiger partial charge in [-0.2, -0.15) is 4.39 Å². The van der Waals surface area contributed by atoms with Crippen LogP contribution in [0.5, 0.6) is 0 Å². The molecule has 26 heavy (non-hydrogen) atoms. The zero-order valence-electron chi connectivity index (χ0n) is 14.3. The Bertz CT molecular complexity index is 800. The molecule has 0 atom stereocenters. The molecule has 7 heteroatoms. The van der Waals surface area contributed by atoms with Crippen molar-refractivity contribution in [2.24, 2.45) is 0 Å². The molecule has 6 nitrogen and oxygen atoms in total. The molecule has 136 valence electrons. The Kier molecular flexibility index (Phi) is 5.46. The number of anilines is 2. The van der Waals surface area contributed by atoms with E-state index in [1.54, 1.807) is 12.1 Å². The van der Waals surface area contributed by atoms with Crippen LogP contribution in [-0.4, -0.2) is 23.9 Å². The molecule has 0 bridgehead atoms. The number of carbonyl (C=O) groups is 1. The molecular formula is C19H20FN3O3. The van der Waals surface area contributed by atoms with Crippen molar-refractivity contribution < 1.29 is 14.1 Å². The van der Waals surface area contributed by atoms with Crippen LogP contribution in [0.15, 0.2) is 42.5 Å². The molecule has 1 saturated heterocycles. The Balaban J connectivity index is 1.69. The molecule has 0 aromatic heterocycles. The fourth-order valence-corrected chi connectivity index (χ4v) is 3.08. The van der Waals surface area contributed by atoms with Gasteiger partial charge >= 0.3 is 5.69 Å². The topological polar surface area (TPSA) is 75.5 Å². The van der Waals surface area contributed by atoms with Gasteiger partial charge in [0.15, 0.2) is 0 Å². The fourth-order valence-electron chi connectivity index (χ4n) is 3.08. The lowest BCUT2D eigenvalue weighted by molar-refractivity contribution is -0.387. The van der Waals surface area contributed by atoms with Crippen LogP contribution in [-0.2, 0) is 0 Å². The minimum atomic E-state index is -0.964. The van der Waals surface area contributed by atoms with Gasteiger partial charge in [-0.15, -0.1) is 0 Å². The maximum Gasteiger partial charge on any atom is 0.305 e. The largest absolute Gasteiger partial charge is 0.372 e. The first kappa shape index (κ1) is 17.8. The molecule has 1 aliphatic heterocycles. The Morgan fingerprint density at radius 1 is 1.04 bits per heavy atom. The Morgan fingerprint density at radius 2 is 1.69 bits per heavy atom. The quantitative estimate of drug-likeness (QED) is 0.651. The third-order valence-electron chi connectivity index (χ3n) is 4.50. The average Bonchev–Trinajstić information content (AvgIpc) is 2.92. The number of benzene rings is 2. The lowest BCUT2D eigenvalue weighted by Gasteiger charge is -2.22. The molecule has 1 heterocycles. The molecule has 0 radical (unpaired) electrons. The van der Waals surface area contributed by atoms with E-state index in [2.05, 4.69) is 10.2 Å². The highest BCUT2D eigenvalue weighted by atomic mass is 19.1. The van der Waals surface area contributed by atoms with Crippen LogP contribution in [0.4, 0.5) is 21.5 Å². The van der Waals surface area contributed by atoms with Crippen molar-refractivity contribution in [3.63, 3.8) is 0 Å². The number of nitrogens with one attached hydrogen (secondary N) is 1. The lowest BCUT2D eigenvalue weighted by atomic mass is 10.1. The zero-order chi connectivity index (χ0) is 18.5. The molecule has 1 N–H and O–H groups in total. The number of carbonyl (C=O) groups excluding carboxylic acids is 1. The minimum absolute atomic E-state index is 0.0368. The van der Waals surface area contributed by atoms with E-state index >= 15 is 0 Å². The van der Waals surface area contributed by atoms with Crippen LogP contribution < -0.4 is 10.2 Å². The summed E-state index contributed by atoms with van der Waals surface area (Å²) in [6, 6.07) is 10.6. The van der Waals surface area contributed by atoms with Crippen LogP contribution in [0.3, 0.4) is 0 Å². The van der Waals surface area contributed by atoms with Crippen molar-refractivity contribution in [3.05, 3.63) is 64.0 Å². The average molecular weight is 357 g/mol. The van der Waals surface area contributed by atoms with E-state index in [0.29, 0.717) is 5.69 Å².